The monoisotopic (exact) mass is 243 g/mol. The van der Waals surface area contributed by atoms with E-state index in [1.807, 2.05) is 56.5 Å². The van der Waals surface area contributed by atoms with E-state index in [1.165, 1.54) is 5.56 Å². The van der Waals surface area contributed by atoms with Crippen molar-refractivity contribution >= 4 is 5.97 Å². The summed E-state index contributed by atoms with van der Waals surface area (Å²) in [4.78, 5) is 11.3. The third-order valence-corrected chi connectivity index (χ3v) is 3.46. The second kappa shape index (κ2) is 4.33. The van der Waals surface area contributed by atoms with Gasteiger partial charge in [-0.15, -0.1) is 0 Å². The maximum absolute atomic E-state index is 11.3. The molecule has 0 aliphatic heterocycles. The molecule has 0 spiro atoms. The Bertz CT molecular complexity index is 606. The average molecular weight is 243 g/mol. The molecule has 1 heterocycles. The number of rotatable bonds is 2. The van der Waals surface area contributed by atoms with E-state index < -0.39 is 5.97 Å². The molecule has 0 unspecified atom stereocenters. The van der Waals surface area contributed by atoms with Crippen LogP contribution in [0.15, 0.2) is 24.3 Å². The average Bonchev–Trinajstić information content (AvgIpc) is 2.52. The lowest BCUT2D eigenvalue weighted by atomic mass is 10.1. The molecule has 0 aliphatic rings. The molecule has 3 nitrogen and oxygen atoms in total. The number of carboxylic acids is 1. The SMILES string of the molecule is Cc1ccc(-n2c(C)c(C)c(C(=O)O)c2C)cc1. The zero-order valence-electron chi connectivity index (χ0n) is 11.1. The molecule has 0 saturated heterocycles. The van der Waals surface area contributed by atoms with Crippen LogP contribution >= 0.6 is 0 Å². The quantitative estimate of drug-likeness (QED) is 0.878. The number of aromatic carboxylic acids is 1. The smallest absolute Gasteiger partial charge is 0.337 e. The van der Waals surface area contributed by atoms with Crippen LogP contribution in [-0.4, -0.2) is 15.6 Å². The largest absolute Gasteiger partial charge is 0.478 e. The van der Waals surface area contributed by atoms with Crippen LogP contribution in [0.2, 0.25) is 0 Å². The van der Waals surface area contributed by atoms with Gasteiger partial charge in [-0.2, -0.15) is 0 Å². The molecule has 0 aliphatic carbocycles. The highest BCUT2D eigenvalue weighted by atomic mass is 16.4. The van der Waals surface area contributed by atoms with Crippen LogP contribution in [0, 0.1) is 27.7 Å². The first-order valence-corrected chi connectivity index (χ1v) is 5.92. The van der Waals surface area contributed by atoms with Gasteiger partial charge in [-0.1, -0.05) is 17.7 Å². The van der Waals surface area contributed by atoms with Crippen LogP contribution in [0.4, 0.5) is 0 Å². The van der Waals surface area contributed by atoms with Crippen molar-refractivity contribution in [1.82, 2.24) is 4.57 Å². The number of carbonyl (C=O) groups is 1. The van der Waals surface area contributed by atoms with Gasteiger partial charge in [-0.3, -0.25) is 0 Å². The van der Waals surface area contributed by atoms with E-state index in [1.54, 1.807) is 0 Å². The van der Waals surface area contributed by atoms with E-state index in [0.717, 1.165) is 22.6 Å². The summed E-state index contributed by atoms with van der Waals surface area (Å²) in [5, 5.41) is 9.26. The summed E-state index contributed by atoms with van der Waals surface area (Å²) in [6.07, 6.45) is 0. The number of aryl methyl sites for hydroxylation is 1. The van der Waals surface area contributed by atoms with Gasteiger partial charge in [0.05, 0.1) is 5.56 Å². The van der Waals surface area contributed by atoms with Gasteiger partial charge >= 0.3 is 5.97 Å². The fourth-order valence-electron chi connectivity index (χ4n) is 2.38. The molecule has 0 bridgehead atoms. The normalized spacial score (nSPS) is 10.7. The Morgan fingerprint density at radius 2 is 1.56 bits per heavy atom. The number of hydrogen-bond donors (Lipinski definition) is 1. The van der Waals surface area contributed by atoms with E-state index in [2.05, 4.69) is 0 Å². The van der Waals surface area contributed by atoms with Crippen LogP contribution in [-0.2, 0) is 0 Å². The predicted octanol–water partition coefficient (Wildman–Crippen LogP) is 3.41. The molecule has 3 heteroatoms. The molecule has 1 N–H and O–H groups in total. The molecule has 0 radical (unpaired) electrons. The van der Waals surface area contributed by atoms with Crippen molar-refractivity contribution in [2.75, 3.05) is 0 Å². The third kappa shape index (κ3) is 1.82. The van der Waals surface area contributed by atoms with Crippen LogP contribution in [0.1, 0.15) is 32.9 Å². The number of nitrogens with zero attached hydrogens (tertiary/aromatic N) is 1. The Morgan fingerprint density at radius 1 is 1.00 bits per heavy atom. The molecule has 0 fully saturated rings. The van der Waals surface area contributed by atoms with Crippen LogP contribution in [0.5, 0.6) is 0 Å². The van der Waals surface area contributed by atoms with Crippen molar-refractivity contribution in [2.45, 2.75) is 27.7 Å². The van der Waals surface area contributed by atoms with Gasteiger partial charge in [0.25, 0.3) is 0 Å². The number of carboxylic acid groups (broad SMARTS) is 1. The van der Waals surface area contributed by atoms with Gasteiger partial charge in [-0.25, -0.2) is 4.79 Å². The first kappa shape index (κ1) is 12.4. The topological polar surface area (TPSA) is 42.2 Å². The van der Waals surface area contributed by atoms with Gasteiger partial charge in [0.2, 0.25) is 0 Å². The first-order valence-electron chi connectivity index (χ1n) is 5.92. The summed E-state index contributed by atoms with van der Waals surface area (Å²) in [7, 11) is 0. The molecule has 2 aromatic rings. The van der Waals surface area contributed by atoms with E-state index in [4.69, 9.17) is 0 Å². The maximum Gasteiger partial charge on any atom is 0.337 e. The van der Waals surface area contributed by atoms with Gasteiger partial charge in [0.15, 0.2) is 0 Å². The number of benzene rings is 1. The number of hydrogen-bond acceptors (Lipinski definition) is 1. The van der Waals surface area contributed by atoms with Gasteiger partial charge < -0.3 is 9.67 Å². The van der Waals surface area contributed by atoms with Crippen molar-refractivity contribution in [3.63, 3.8) is 0 Å². The molecule has 18 heavy (non-hydrogen) atoms. The lowest BCUT2D eigenvalue weighted by Gasteiger charge is -2.09. The maximum atomic E-state index is 11.3. The zero-order chi connectivity index (χ0) is 13.4. The molecule has 0 saturated carbocycles. The highest BCUT2D eigenvalue weighted by Gasteiger charge is 2.20. The predicted molar refractivity (Wildman–Crippen MR) is 71.7 cm³/mol. The van der Waals surface area contributed by atoms with Crippen LogP contribution in [0.3, 0.4) is 0 Å². The summed E-state index contributed by atoms with van der Waals surface area (Å²) >= 11 is 0. The van der Waals surface area contributed by atoms with E-state index >= 15 is 0 Å². The summed E-state index contributed by atoms with van der Waals surface area (Å²) in [6.45, 7) is 7.70. The summed E-state index contributed by atoms with van der Waals surface area (Å²) in [5.41, 5.74) is 5.20. The fraction of sp³-hybridized carbons (Fsp3) is 0.267. The van der Waals surface area contributed by atoms with Gasteiger partial charge in [0.1, 0.15) is 0 Å². The van der Waals surface area contributed by atoms with Crippen molar-refractivity contribution < 1.29 is 9.90 Å². The summed E-state index contributed by atoms with van der Waals surface area (Å²) < 4.78 is 2.00. The fourth-order valence-corrected chi connectivity index (χ4v) is 2.38. The van der Waals surface area contributed by atoms with Crippen molar-refractivity contribution in [2.24, 2.45) is 0 Å². The van der Waals surface area contributed by atoms with Crippen LogP contribution in [0.25, 0.3) is 5.69 Å². The molecular weight excluding hydrogens is 226 g/mol. The minimum atomic E-state index is -0.862. The minimum absolute atomic E-state index is 0.410. The Hall–Kier alpha value is -2.03. The van der Waals surface area contributed by atoms with E-state index in [0.29, 0.717) is 5.56 Å². The Morgan fingerprint density at radius 3 is 2.00 bits per heavy atom. The lowest BCUT2D eigenvalue weighted by molar-refractivity contribution is 0.0695. The number of aromatic nitrogens is 1. The molecule has 1 aromatic carbocycles. The standard InChI is InChI=1S/C15H17NO2/c1-9-5-7-13(8-6-9)16-11(3)10(2)14(12(16)4)15(17)18/h5-8H,1-4H3,(H,17,18). The van der Waals surface area contributed by atoms with Gasteiger partial charge in [-0.05, 0) is 45.4 Å². The van der Waals surface area contributed by atoms with Gasteiger partial charge in [0, 0.05) is 17.1 Å². The summed E-state index contributed by atoms with van der Waals surface area (Å²) in [6, 6.07) is 8.09. The van der Waals surface area contributed by atoms with E-state index in [9.17, 15) is 9.90 Å². The molecule has 2 rings (SSSR count). The third-order valence-electron chi connectivity index (χ3n) is 3.46. The van der Waals surface area contributed by atoms with Crippen molar-refractivity contribution in [3.05, 3.63) is 52.3 Å². The first-order chi connectivity index (χ1) is 8.43. The summed E-state index contributed by atoms with van der Waals surface area (Å²) in [5.74, 6) is -0.862. The molecule has 0 atom stereocenters. The van der Waals surface area contributed by atoms with Crippen LogP contribution < -0.4 is 0 Å². The lowest BCUT2D eigenvalue weighted by Crippen LogP contribution is -2.02. The highest BCUT2D eigenvalue weighted by Crippen LogP contribution is 2.25. The molecule has 94 valence electrons. The Balaban J connectivity index is 2.69. The van der Waals surface area contributed by atoms with E-state index in [-0.39, 0.29) is 0 Å². The highest BCUT2D eigenvalue weighted by molar-refractivity contribution is 5.91. The molecule has 0 amide bonds. The second-order valence-corrected chi connectivity index (χ2v) is 4.65. The zero-order valence-corrected chi connectivity index (χ0v) is 11.1. The second-order valence-electron chi connectivity index (χ2n) is 4.65. The van der Waals surface area contributed by atoms with Crippen molar-refractivity contribution in [3.8, 4) is 5.69 Å². The molecular formula is C15H17NO2. The Labute approximate surface area is 107 Å². The minimum Gasteiger partial charge on any atom is -0.478 e. The van der Waals surface area contributed by atoms with Crippen molar-refractivity contribution in [1.29, 1.82) is 0 Å². The Kier molecular flexibility index (Phi) is 2.99. The molecule has 1 aromatic heterocycles.